The molecule has 0 bridgehead atoms. The standard InChI is InChI=1S/C22H21ClN4O3S2/c1-3-14-31-22-24-15-19(23)20(26-22)21(28)25-16-10-12-18(13-11-16)32(29,30)27(4-2)17-8-6-5-7-9-17/h3,5-13,15H,1,4,14H2,2H3,(H,25,28). The van der Waals surface area contributed by atoms with Gasteiger partial charge in [-0.1, -0.05) is 47.6 Å². The molecule has 0 unspecified atom stereocenters. The van der Waals surface area contributed by atoms with Crippen LogP contribution in [0.1, 0.15) is 17.4 Å². The molecule has 7 nitrogen and oxygen atoms in total. The average Bonchev–Trinajstić information content (AvgIpc) is 2.80. The maximum Gasteiger partial charge on any atom is 0.275 e. The predicted octanol–water partition coefficient (Wildman–Crippen LogP) is 4.88. The van der Waals surface area contributed by atoms with E-state index in [4.69, 9.17) is 11.6 Å². The van der Waals surface area contributed by atoms with E-state index in [1.165, 1.54) is 46.5 Å². The molecule has 2 aromatic carbocycles. The molecular formula is C22H21ClN4O3S2. The van der Waals surface area contributed by atoms with Gasteiger partial charge >= 0.3 is 0 Å². The Morgan fingerprint density at radius 2 is 1.88 bits per heavy atom. The van der Waals surface area contributed by atoms with Gasteiger partial charge in [-0.15, -0.1) is 6.58 Å². The molecule has 1 heterocycles. The van der Waals surface area contributed by atoms with Gasteiger partial charge in [0.25, 0.3) is 15.9 Å². The molecular weight excluding hydrogens is 468 g/mol. The van der Waals surface area contributed by atoms with Crippen molar-refractivity contribution in [2.24, 2.45) is 0 Å². The van der Waals surface area contributed by atoms with E-state index in [1.807, 2.05) is 6.07 Å². The number of anilines is 2. The van der Waals surface area contributed by atoms with Gasteiger partial charge in [0.1, 0.15) is 0 Å². The number of rotatable bonds is 9. The topological polar surface area (TPSA) is 92.3 Å². The molecule has 1 amide bonds. The van der Waals surface area contributed by atoms with Crippen LogP contribution in [0.5, 0.6) is 0 Å². The molecule has 0 fully saturated rings. The first-order chi connectivity index (χ1) is 15.4. The summed E-state index contributed by atoms with van der Waals surface area (Å²) in [5.74, 6) is 0.0732. The Hall–Kier alpha value is -2.88. The van der Waals surface area contributed by atoms with Crippen molar-refractivity contribution in [3.05, 3.63) is 84.2 Å². The Morgan fingerprint density at radius 1 is 1.19 bits per heavy atom. The number of nitrogens with zero attached hydrogens (tertiary/aromatic N) is 3. The molecule has 0 radical (unpaired) electrons. The summed E-state index contributed by atoms with van der Waals surface area (Å²) in [4.78, 5) is 21.0. The lowest BCUT2D eigenvalue weighted by Gasteiger charge is -2.23. The molecule has 32 heavy (non-hydrogen) atoms. The molecule has 0 atom stereocenters. The van der Waals surface area contributed by atoms with Crippen LogP contribution >= 0.6 is 23.4 Å². The van der Waals surface area contributed by atoms with Crippen molar-refractivity contribution in [3.8, 4) is 0 Å². The molecule has 0 aliphatic rings. The van der Waals surface area contributed by atoms with Crippen LogP contribution in [0, 0.1) is 0 Å². The summed E-state index contributed by atoms with van der Waals surface area (Å²) in [7, 11) is -3.75. The number of carbonyl (C=O) groups excluding carboxylic acids is 1. The summed E-state index contributed by atoms with van der Waals surface area (Å²) >= 11 is 7.41. The number of benzene rings is 2. The average molecular weight is 489 g/mol. The van der Waals surface area contributed by atoms with Crippen LogP contribution in [0.3, 0.4) is 0 Å². The number of amides is 1. The van der Waals surface area contributed by atoms with Crippen LogP contribution in [-0.4, -0.2) is 36.6 Å². The van der Waals surface area contributed by atoms with Crippen molar-refractivity contribution < 1.29 is 13.2 Å². The van der Waals surface area contributed by atoms with Gasteiger partial charge in [-0.3, -0.25) is 9.10 Å². The summed E-state index contributed by atoms with van der Waals surface area (Å²) < 4.78 is 27.5. The van der Waals surface area contributed by atoms with Gasteiger partial charge in [0.05, 0.1) is 21.8 Å². The SMILES string of the molecule is C=CCSc1ncc(Cl)c(C(=O)Nc2ccc(S(=O)(=O)N(CC)c3ccccc3)cc2)n1. The number of aromatic nitrogens is 2. The molecule has 0 aliphatic heterocycles. The van der Waals surface area contributed by atoms with E-state index in [1.54, 1.807) is 37.3 Å². The zero-order valence-electron chi connectivity index (χ0n) is 17.2. The monoisotopic (exact) mass is 488 g/mol. The molecule has 0 spiro atoms. The number of halogens is 1. The number of thioether (sulfide) groups is 1. The smallest absolute Gasteiger partial charge is 0.275 e. The molecule has 3 rings (SSSR count). The van der Waals surface area contributed by atoms with E-state index in [2.05, 4.69) is 21.9 Å². The number of hydrogen-bond donors (Lipinski definition) is 1. The summed E-state index contributed by atoms with van der Waals surface area (Å²) in [6.07, 6.45) is 3.07. The third-order valence-corrected chi connectivity index (χ3v) is 7.35. The summed E-state index contributed by atoms with van der Waals surface area (Å²) in [6, 6.07) is 14.8. The molecule has 3 aromatic rings. The van der Waals surface area contributed by atoms with Crippen molar-refractivity contribution in [1.82, 2.24) is 9.97 Å². The van der Waals surface area contributed by atoms with Gasteiger partial charge in [0.2, 0.25) is 0 Å². The molecule has 166 valence electrons. The number of sulfonamides is 1. The van der Waals surface area contributed by atoms with Gasteiger partial charge in [0.15, 0.2) is 10.9 Å². The highest BCUT2D eigenvalue weighted by Gasteiger charge is 2.23. The number of carbonyl (C=O) groups is 1. The van der Waals surface area contributed by atoms with Gasteiger partial charge in [-0.05, 0) is 43.3 Å². The number of hydrogen-bond acceptors (Lipinski definition) is 6. The second-order valence-corrected chi connectivity index (χ2v) is 9.69. The summed E-state index contributed by atoms with van der Waals surface area (Å²) in [5, 5.41) is 3.21. The maximum absolute atomic E-state index is 13.1. The Balaban J connectivity index is 1.79. The van der Waals surface area contributed by atoms with Crippen LogP contribution in [0.25, 0.3) is 0 Å². The summed E-state index contributed by atoms with van der Waals surface area (Å²) in [5.41, 5.74) is 1.02. The van der Waals surface area contributed by atoms with Crippen molar-refractivity contribution >= 4 is 50.7 Å². The van der Waals surface area contributed by atoms with Crippen molar-refractivity contribution in [3.63, 3.8) is 0 Å². The molecule has 10 heteroatoms. The predicted molar refractivity (Wildman–Crippen MR) is 129 cm³/mol. The largest absolute Gasteiger partial charge is 0.321 e. The van der Waals surface area contributed by atoms with E-state index in [0.717, 1.165) is 0 Å². The van der Waals surface area contributed by atoms with Crippen LogP contribution < -0.4 is 9.62 Å². The minimum atomic E-state index is -3.75. The third-order valence-electron chi connectivity index (χ3n) is 4.30. The quantitative estimate of drug-likeness (QED) is 0.262. The molecule has 0 saturated carbocycles. The van der Waals surface area contributed by atoms with E-state index in [-0.39, 0.29) is 22.2 Å². The molecule has 0 saturated heterocycles. The van der Waals surface area contributed by atoms with Crippen molar-refractivity contribution in [2.45, 2.75) is 17.0 Å². The zero-order valence-corrected chi connectivity index (χ0v) is 19.6. The Morgan fingerprint density at radius 3 is 2.50 bits per heavy atom. The molecule has 1 aromatic heterocycles. The normalized spacial score (nSPS) is 11.1. The lowest BCUT2D eigenvalue weighted by Crippen LogP contribution is -2.30. The van der Waals surface area contributed by atoms with E-state index in [9.17, 15) is 13.2 Å². The first-order valence-electron chi connectivity index (χ1n) is 9.62. The first-order valence-corrected chi connectivity index (χ1v) is 12.4. The lowest BCUT2D eigenvalue weighted by molar-refractivity contribution is 0.102. The maximum atomic E-state index is 13.1. The minimum Gasteiger partial charge on any atom is -0.321 e. The zero-order chi connectivity index (χ0) is 23.1. The van der Waals surface area contributed by atoms with Crippen LogP contribution in [0.4, 0.5) is 11.4 Å². The fourth-order valence-corrected chi connectivity index (χ4v) is 5.03. The fourth-order valence-electron chi connectivity index (χ4n) is 2.83. The number of nitrogens with one attached hydrogen (secondary N) is 1. The van der Waals surface area contributed by atoms with Gasteiger partial charge < -0.3 is 5.32 Å². The van der Waals surface area contributed by atoms with Gasteiger partial charge in [-0.25, -0.2) is 18.4 Å². The first kappa shape index (κ1) is 23.8. The minimum absolute atomic E-state index is 0.0335. The van der Waals surface area contributed by atoms with E-state index < -0.39 is 15.9 Å². The van der Waals surface area contributed by atoms with Crippen molar-refractivity contribution in [1.29, 1.82) is 0 Å². The second-order valence-electron chi connectivity index (χ2n) is 6.43. The van der Waals surface area contributed by atoms with E-state index in [0.29, 0.717) is 22.3 Å². The Labute approximate surface area is 196 Å². The summed E-state index contributed by atoms with van der Waals surface area (Å²) in [6.45, 7) is 5.69. The Kier molecular flexibility index (Phi) is 7.89. The van der Waals surface area contributed by atoms with Gasteiger partial charge in [-0.2, -0.15) is 0 Å². The highest BCUT2D eigenvalue weighted by molar-refractivity contribution is 7.99. The second kappa shape index (κ2) is 10.6. The molecule has 0 aliphatic carbocycles. The lowest BCUT2D eigenvalue weighted by atomic mass is 10.3. The highest BCUT2D eigenvalue weighted by Crippen LogP contribution is 2.25. The van der Waals surface area contributed by atoms with Crippen LogP contribution in [0.2, 0.25) is 5.02 Å². The van der Waals surface area contributed by atoms with Gasteiger partial charge in [0, 0.05) is 18.0 Å². The number of para-hydroxylation sites is 1. The Bertz CT molecular complexity index is 1200. The highest BCUT2D eigenvalue weighted by atomic mass is 35.5. The van der Waals surface area contributed by atoms with E-state index >= 15 is 0 Å². The van der Waals surface area contributed by atoms with Crippen LogP contribution in [-0.2, 0) is 10.0 Å². The fraction of sp³-hybridized carbons (Fsp3) is 0.136. The third kappa shape index (κ3) is 5.48. The molecule has 1 N–H and O–H groups in total. The van der Waals surface area contributed by atoms with Crippen molar-refractivity contribution in [2.75, 3.05) is 21.9 Å². The van der Waals surface area contributed by atoms with Crippen LogP contribution in [0.15, 0.2) is 83.5 Å².